The Labute approximate surface area is 171 Å². The van der Waals surface area contributed by atoms with Gasteiger partial charge in [0.15, 0.2) is 0 Å². The van der Waals surface area contributed by atoms with Crippen LogP contribution in [0.1, 0.15) is 107 Å². The zero-order valence-electron chi connectivity index (χ0n) is 20.0. The Kier molecular flexibility index (Phi) is 13.1. The lowest BCUT2D eigenvalue weighted by atomic mass is 9.65. The van der Waals surface area contributed by atoms with E-state index in [-0.39, 0.29) is 11.1 Å². The summed E-state index contributed by atoms with van der Waals surface area (Å²) in [4.78, 5) is 0. The van der Waals surface area contributed by atoms with Crippen LogP contribution in [0.25, 0.3) is 0 Å². The van der Waals surface area contributed by atoms with Gasteiger partial charge in [0, 0.05) is 24.2 Å². The van der Waals surface area contributed by atoms with Crippen LogP contribution in [0.2, 0.25) is 0 Å². The molecule has 0 unspecified atom stereocenters. The highest BCUT2D eigenvalue weighted by atomic mass is 15.1. The van der Waals surface area contributed by atoms with E-state index in [0.29, 0.717) is 30.2 Å². The summed E-state index contributed by atoms with van der Waals surface area (Å²) in [5.41, 5.74) is 13.1. The van der Waals surface area contributed by atoms with Crippen LogP contribution in [0.5, 0.6) is 0 Å². The summed E-state index contributed by atoms with van der Waals surface area (Å²) in [5, 5.41) is 3.93. The maximum Gasteiger partial charge on any atom is 0.0362 e. The molecule has 0 saturated heterocycles. The van der Waals surface area contributed by atoms with Crippen molar-refractivity contribution in [3.8, 4) is 0 Å². The van der Waals surface area contributed by atoms with E-state index >= 15 is 0 Å². The van der Waals surface area contributed by atoms with Crippen LogP contribution in [0, 0.1) is 23.7 Å². The minimum Gasteiger partial charge on any atom is -0.329 e. The minimum absolute atomic E-state index is 0.00924. The Morgan fingerprint density at radius 2 is 0.963 bits per heavy atom. The van der Waals surface area contributed by atoms with Gasteiger partial charge in [-0.3, -0.25) is 0 Å². The fourth-order valence-corrected chi connectivity index (χ4v) is 4.05. The topological polar surface area (TPSA) is 64.1 Å². The molecule has 3 nitrogen and oxygen atoms in total. The SMILES string of the molecule is CC(C)CCC(N)(CCC(C)C)C(CCC(C)C)(CCC(C)C)NCCN. The molecule has 0 aliphatic rings. The summed E-state index contributed by atoms with van der Waals surface area (Å²) in [6.45, 7) is 20.1. The summed E-state index contributed by atoms with van der Waals surface area (Å²) in [5.74, 6) is 2.77. The van der Waals surface area contributed by atoms with Gasteiger partial charge in [-0.05, 0) is 75.0 Å². The first-order valence-electron chi connectivity index (χ1n) is 11.7. The summed E-state index contributed by atoms with van der Waals surface area (Å²) < 4.78 is 0. The highest BCUT2D eigenvalue weighted by molar-refractivity contribution is 5.09. The largest absolute Gasteiger partial charge is 0.329 e. The molecule has 0 radical (unpaired) electrons. The lowest BCUT2D eigenvalue weighted by Crippen LogP contribution is -2.68. The molecular formula is C24H53N3. The standard InChI is InChI=1S/C24H53N3/c1-19(2)9-13-23(26,14-10-20(3)4)24(27-18-17-25,15-11-21(5)6)16-12-22(7)8/h19-22,27H,9-18,25-26H2,1-8H3. The van der Waals surface area contributed by atoms with E-state index in [1.54, 1.807) is 0 Å². The van der Waals surface area contributed by atoms with E-state index in [2.05, 4.69) is 60.7 Å². The number of hydrogen-bond donors (Lipinski definition) is 3. The summed E-state index contributed by atoms with van der Waals surface area (Å²) in [6.07, 6.45) is 9.36. The van der Waals surface area contributed by atoms with Gasteiger partial charge in [-0.15, -0.1) is 0 Å². The first kappa shape index (κ1) is 26.9. The van der Waals surface area contributed by atoms with E-state index in [4.69, 9.17) is 11.5 Å². The van der Waals surface area contributed by atoms with E-state index in [9.17, 15) is 0 Å². The second-order valence-corrected chi connectivity index (χ2v) is 10.7. The van der Waals surface area contributed by atoms with Crippen molar-refractivity contribution in [1.29, 1.82) is 0 Å². The second kappa shape index (κ2) is 13.2. The van der Waals surface area contributed by atoms with Crippen molar-refractivity contribution in [2.24, 2.45) is 35.1 Å². The highest BCUT2D eigenvalue weighted by Crippen LogP contribution is 2.40. The average Bonchev–Trinajstić information content (AvgIpc) is 2.57. The molecule has 0 aliphatic carbocycles. The first-order valence-corrected chi connectivity index (χ1v) is 11.7. The van der Waals surface area contributed by atoms with Crippen molar-refractivity contribution in [3.05, 3.63) is 0 Å². The molecule has 0 rings (SSSR count). The van der Waals surface area contributed by atoms with Crippen LogP contribution < -0.4 is 16.8 Å². The van der Waals surface area contributed by atoms with Crippen LogP contribution in [0.3, 0.4) is 0 Å². The molecule has 0 aliphatic heterocycles. The Bertz CT molecular complexity index is 337. The van der Waals surface area contributed by atoms with Gasteiger partial charge < -0.3 is 16.8 Å². The molecule has 0 fully saturated rings. The fraction of sp³-hybridized carbons (Fsp3) is 1.00. The third-order valence-electron chi connectivity index (χ3n) is 6.19. The van der Waals surface area contributed by atoms with Crippen LogP contribution in [-0.2, 0) is 0 Å². The second-order valence-electron chi connectivity index (χ2n) is 10.7. The normalized spacial score (nSPS) is 13.6. The van der Waals surface area contributed by atoms with Gasteiger partial charge in [0.05, 0.1) is 0 Å². The quantitative estimate of drug-likeness (QED) is 0.319. The molecule has 27 heavy (non-hydrogen) atoms. The molecular weight excluding hydrogens is 330 g/mol. The van der Waals surface area contributed by atoms with Crippen LogP contribution in [-0.4, -0.2) is 24.2 Å². The van der Waals surface area contributed by atoms with Gasteiger partial charge in [0.2, 0.25) is 0 Å². The van der Waals surface area contributed by atoms with Crippen molar-refractivity contribution in [1.82, 2.24) is 5.32 Å². The van der Waals surface area contributed by atoms with E-state index in [0.717, 1.165) is 32.2 Å². The summed E-state index contributed by atoms with van der Waals surface area (Å²) in [6, 6.07) is 0. The maximum absolute atomic E-state index is 7.38. The molecule has 164 valence electrons. The van der Waals surface area contributed by atoms with Gasteiger partial charge in [0.25, 0.3) is 0 Å². The predicted molar refractivity (Wildman–Crippen MR) is 123 cm³/mol. The van der Waals surface area contributed by atoms with Crippen molar-refractivity contribution in [3.63, 3.8) is 0 Å². The van der Waals surface area contributed by atoms with Crippen molar-refractivity contribution in [2.45, 2.75) is 118 Å². The van der Waals surface area contributed by atoms with E-state index in [1.165, 1.54) is 25.7 Å². The lowest BCUT2D eigenvalue weighted by molar-refractivity contribution is 0.0984. The molecule has 0 atom stereocenters. The Balaban J connectivity index is 5.87. The zero-order chi connectivity index (χ0) is 21.1. The van der Waals surface area contributed by atoms with Gasteiger partial charge in [0.1, 0.15) is 0 Å². The smallest absolute Gasteiger partial charge is 0.0362 e. The molecule has 5 N–H and O–H groups in total. The summed E-state index contributed by atoms with van der Waals surface area (Å²) >= 11 is 0. The van der Waals surface area contributed by atoms with Crippen LogP contribution in [0.4, 0.5) is 0 Å². The molecule has 0 saturated carbocycles. The predicted octanol–water partition coefficient (Wildman–Crippen LogP) is 5.72. The van der Waals surface area contributed by atoms with Crippen molar-refractivity contribution >= 4 is 0 Å². The molecule has 0 aromatic rings. The number of nitrogens with two attached hydrogens (primary N) is 2. The third-order valence-corrected chi connectivity index (χ3v) is 6.19. The molecule has 0 aromatic heterocycles. The Hall–Kier alpha value is -0.120. The first-order chi connectivity index (χ1) is 12.5. The monoisotopic (exact) mass is 383 g/mol. The van der Waals surface area contributed by atoms with Crippen LogP contribution in [0.15, 0.2) is 0 Å². The molecule has 0 amide bonds. The van der Waals surface area contributed by atoms with Crippen LogP contribution >= 0.6 is 0 Å². The minimum atomic E-state index is -0.166. The maximum atomic E-state index is 7.38. The Morgan fingerprint density at radius 3 is 1.26 bits per heavy atom. The van der Waals surface area contributed by atoms with E-state index < -0.39 is 0 Å². The van der Waals surface area contributed by atoms with Crippen molar-refractivity contribution in [2.75, 3.05) is 13.1 Å². The number of nitrogens with one attached hydrogen (secondary N) is 1. The molecule has 3 heteroatoms. The lowest BCUT2D eigenvalue weighted by Gasteiger charge is -2.51. The fourth-order valence-electron chi connectivity index (χ4n) is 4.05. The zero-order valence-corrected chi connectivity index (χ0v) is 20.0. The van der Waals surface area contributed by atoms with Gasteiger partial charge >= 0.3 is 0 Å². The van der Waals surface area contributed by atoms with Gasteiger partial charge in [-0.2, -0.15) is 0 Å². The molecule has 0 heterocycles. The number of rotatable bonds is 16. The third kappa shape index (κ3) is 10.3. The Morgan fingerprint density at radius 1 is 0.630 bits per heavy atom. The molecule has 0 spiro atoms. The molecule has 0 aromatic carbocycles. The van der Waals surface area contributed by atoms with E-state index in [1.807, 2.05) is 0 Å². The van der Waals surface area contributed by atoms with Gasteiger partial charge in [-0.1, -0.05) is 55.4 Å². The van der Waals surface area contributed by atoms with Gasteiger partial charge in [-0.25, -0.2) is 0 Å². The highest BCUT2D eigenvalue weighted by Gasteiger charge is 2.47. The van der Waals surface area contributed by atoms with Crippen molar-refractivity contribution < 1.29 is 0 Å². The number of hydrogen-bond acceptors (Lipinski definition) is 3. The molecule has 0 bridgehead atoms. The summed E-state index contributed by atoms with van der Waals surface area (Å²) in [7, 11) is 0. The average molecular weight is 384 g/mol.